The molecule has 1 heterocycles. The Bertz CT molecular complexity index is 249. The highest BCUT2D eigenvalue weighted by atomic mass is 16.2. The third kappa shape index (κ3) is 4.34. The van der Waals surface area contributed by atoms with E-state index in [0.717, 1.165) is 38.2 Å². The highest BCUT2D eigenvalue weighted by Gasteiger charge is 1.97. The van der Waals surface area contributed by atoms with Crippen LogP contribution in [0.2, 0.25) is 0 Å². The fraction of sp³-hybridized carbons (Fsp3) is 0.778. The zero-order valence-corrected chi connectivity index (χ0v) is 8.61. The van der Waals surface area contributed by atoms with Gasteiger partial charge in [-0.15, -0.1) is 0 Å². The van der Waals surface area contributed by atoms with E-state index in [1.54, 1.807) is 11.0 Å². The molecule has 2 N–H and O–H groups in total. The monoisotopic (exact) mass is 198 g/mol. The van der Waals surface area contributed by atoms with Crippen molar-refractivity contribution in [3.8, 4) is 0 Å². The van der Waals surface area contributed by atoms with Gasteiger partial charge in [-0.1, -0.05) is 0 Å². The van der Waals surface area contributed by atoms with E-state index in [1.807, 2.05) is 7.05 Å². The van der Waals surface area contributed by atoms with Crippen LogP contribution in [-0.2, 0) is 13.5 Å². The van der Waals surface area contributed by atoms with E-state index in [9.17, 15) is 0 Å². The van der Waals surface area contributed by atoms with Crippen molar-refractivity contribution in [2.24, 2.45) is 7.05 Å². The second-order valence-corrected chi connectivity index (χ2v) is 3.27. The van der Waals surface area contributed by atoms with Crippen LogP contribution in [-0.4, -0.2) is 39.6 Å². The van der Waals surface area contributed by atoms with Gasteiger partial charge < -0.3 is 10.4 Å². The van der Waals surface area contributed by atoms with Crippen LogP contribution in [0.5, 0.6) is 0 Å². The molecule has 80 valence electrons. The van der Waals surface area contributed by atoms with Gasteiger partial charge in [-0.3, -0.25) is 4.68 Å². The number of aliphatic hydroxyl groups excluding tert-OH is 1. The van der Waals surface area contributed by atoms with Gasteiger partial charge in [-0.2, -0.15) is 5.10 Å². The lowest BCUT2D eigenvalue weighted by molar-refractivity contribution is 0.284. The van der Waals surface area contributed by atoms with Gasteiger partial charge in [0.15, 0.2) is 5.82 Å². The molecule has 0 spiro atoms. The highest BCUT2D eigenvalue weighted by molar-refractivity contribution is 4.81. The van der Waals surface area contributed by atoms with E-state index in [-0.39, 0.29) is 6.61 Å². The van der Waals surface area contributed by atoms with Gasteiger partial charge in [-0.25, -0.2) is 4.98 Å². The Kier molecular flexibility index (Phi) is 5.17. The Morgan fingerprint density at radius 1 is 1.43 bits per heavy atom. The first-order chi connectivity index (χ1) is 6.83. The van der Waals surface area contributed by atoms with Gasteiger partial charge >= 0.3 is 0 Å². The van der Waals surface area contributed by atoms with Crippen LogP contribution in [0.1, 0.15) is 18.7 Å². The minimum absolute atomic E-state index is 0.281. The van der Waals surface area contributed by atoms with Gasteiger partial charge in [0.25, 0.3) is 0 Å². The second-order valence-electron chi connectivity index (χ2n) is 3.27. The van der Waals surface area contributed by atoms with E-state index in [1.165, 1.54) is 0 Å². The smallest absolute Gasteiger partial charge is 0.151 e. The largest absolute Gasteiger partial charge is 0.396 e. The van der Waals surface area contributed by atoms with Crippen molar-refractivity contribution in [3.05, 3.63) is 12.2 Å². The number of aromatic nitrogens is 3. The predicted molar refractivity (Wildman–Crippen MR) is 53.9 cm³/mol. The Balaban J connectivity index is 1.99. The molecule has 0 aliphatic heterocycles. The van der Waals surface area contributed by atoms with Crippen LogP contribution >= 0.6 is 0 Å². The van der Waals surface area contributed by atoms with Crippen LogP contribution in [0.15, 0.2) is 6.33 Å². The average molecular weight is 198 g/mol. The second kappa shape index (κ2) is 6.50. The fourth-order valence-corrected chi connectivity index (χ4v) is 1.19. The van der Waals surface area contributed by atoms with Crippen LogP contribution < -0.4 is 5.32 Å². The minimum Gasteiger partial charge on any atom is -0.396 e. The standard InChI is InChI=1S/C9H18N4O/c1-13-8-11-9(12-13)4-6-10-5-2-3-7-14/h8,10,14H,2-7H2,1H3. The summed E-state index contributed by atoms with van der Waals surface area (Å²) in [5.74, 6) is 0.877. The molecule has 14 heavy (non-hydrogen) atoms. The van der Waals surface area contributed by atoms with Crippen molar-refractivity contribution in [3.63, 3.8) is 0 Å². The predicted octanol–water partition coefficient (Wildman–Crippen LogP) is -0.280. The van der Waals surface area contributed by atoms with Crippen molar-refractivity contribution in [2.45, 2.75) is 19.3 Å². The normalized spacial score (nSPS) is 10.7. The van der Waals surface area contributed by atoms with Crippen LogP contribution in [0.25, 0.3) is 0 Å². The average Bonchev–Trinajstić information content (AvgIpc) is 2.58. The Hall–Kier alpha value is -0.940. The van der Waals surface area contributed by atoms with E-state index in [2.05, 4.69) is 15.4 Å². The molecule has 0 unspecified atom stereocenters. The van der Waals surface area contributed by atoms with Gasteiger partial charge in [0.1, 0.15) is 6.33 Å². The van der Waals surface area contributed by atoms with Crippen molar-refractivity contribution >= 4 is 0 Å². The zero-order chi connectivity index (χ0) is 10.2. The van der Waals surface area contributed by atoms with Crippen molar-refractivity contribution in [1.82, 2.24) is 20.1 Å². The third-order valence-electron chi connectivity index (χ3n) is 1.93. The Labute approximate surface area is 84.2 Å². The van der Waals surface area contributed by atoms with Crippen LogP contribution in [0, 0.1) is 0 Å². The summed E-state index contributed by atoms with van der Waals surface area (Å²) in [7, 11) is 1.87. The topological polar surface area (TPSA) is 63.0 Å². The number of unbranched alkanes of at least 4 members (excludes halogenated alkanes) is 1. The van der Waals surface area contributed by atoms with Crippen LogP contribution in [0.3, 0.4) is 0 Å². The van der Waals surface area contributed by atoms with E-state index < -0.39 is 0 Å². The van der Waals surface area contributed by atoms with Gasteiger partial charge in [0.05, 0.1) is 0 Å². The molecule has 0 aliphatic rings. The van der Waals surface area contributed by atoms with Gasteiger partial charge in [0.2, 0.25) is 0 Å². The van der Waals surface area contributed by atoms with Crippen molar-refractivity contribution < 1.29 is 5.11 Å². The number of aliphatic hydroxyl groups is 1. The molecule has 0 aliphatic carbocycles. The summed E-state index contributed by atoms with van der Waals surface area (Å²) in [6.07, 6.45) is 4.46. The lowest BCUT2D eigenvalue weighted by atomic mass is 10.3. The molecule has 0 radical (unpaired) electrons. The molecule has 5 heteroatoms. The first kappa shape index (κ1) is 11.1. The maximum absolute atomic E-state index is 8.55. The first-order valence-corrected chi connectivity index (χ1v) is 4.99. The summed E-state index contributed by atoms with van der Waals surface area (Å²) in [6, 6.07) is 0. The minimum atomic E-state index is 0.281. The molecule has 0 atom stereocenters. The van der Waals surface area contributed by atoms with Crippen molar-refractivity contribution in [1.29, 1.82) is 0 Å². The zero-order valence-electron chi connectivity index (χ0n) is 8.61. The number of nitrogens with zero attached hydrogens (tertiary/aromatic N) is 3. The summed E-state index contributed by atoms with van der Waals surface area (Å²) in [4.78, 5) is 4.12. The molecule has 0 aromatic carbocycles. The Morgan fingerprint density at radius 2 is 2.29 bits per heavy atom. The molecule has 1 rings (SSSR count). The fourth-order valence-electron chi connectivity index (χ4n) is 1.19. The molecular weight excluding hydrogens is 180 g/mol. The summed E-state index contributed by atoms with van der Waals surface area (Å²) in [6.45, 7) is 2.13. The van der Waals surface area contributed by atoms with Gasteiger partial charge in [-0.05, 0) is 19.4 Å². The lowest BCUT2D eigenvalue weighted by Crippen LogP contribution is -2.19. The molecular formula is C9H18N4O. The first-order valence-electron chi connectivity index (χ1n) is 4.99. The molecule has 1 aromatic heterocycles. The van der Waals surface area contributed by atoms with Crippen LogP contribution in [0.4, 0.5) is 0 Å². The highest BCUT2D eigenvalue weighted by Crippen LogP contribution is 1.89. The number of aryl methyl sites for hydroxylation is 1. The molecule has 0 fully saturated rings. The number of nitrogens with one attached hydrogen (secondary N) is 1. The number of rotatable bonds is 7. The molecule has 5 nitrogen and oxygen atoms in total. The Morgan fingerprint density at radius 3 is 2.93 bits per heavy atom. The lowest BCUT2D eigenvalue weighted by Gasteiger charge is -2.01. The molecule has 1 aromatic rings. The summed E-state index contributed by atoms with van der Waals surface area (Å²) < 4.78 is 1.71. The summed E-state index contributed by atoms with van der Waals surface area (Å²) in [5, 5.41) is 16.0. The number of hydrogen-bond acceptors (Lipinski definition) is 4. The maximum atomic E-state index is 8.55. The SMILES string of the molecule is Cn1cnc(CCNCCCCO)n1. The third-order valence-corrected chi connectivity index (χ3v) is 1.93. The van der Waals surface area contributed by atoms with E-state index in [4.69, 9.17) is 5.11 Å². The maximum Gasteiger partial charge on any atom is 0.151 e. The molecule has 0 saturated carbocycles. The molecule has 0 bridgehead atoms. The quantitative estimate of drug-likeness (QED) is 0.591. The van der Waals surface area contributed by atoms with Gasteiger partial charge in [0, 0.05) is 26.6 Å². The molecule has 0 saturated heterocycles. The van der Waals surface area contributed by atoms with Crippen molar-refractivity contribution in [2.75, 3.05) is 19.7 Å². The number of hydrogen-bond donors (Lipinski definition) is 2. The molecule has 0 amide bonds. The summed E-state index contributed by atoms with van der Waals surface area (Å²) >= 11 is 0. The van der Waals surface area contributed by atoms with E-state index in [0.29, 0.717) is 0 Å². The summed E-state index contributed by atoms with van der Waals surface area (Å²) in [5.41, 5.74) is 0. The van der Waals surface area contributed by atoms with E-state index >= 15 is 0 Å².